The van der Waals surface area contributed by atoms with Gasteiger partial charge in [-0.15, -0.1) is 0 Å². The van der Waals surface area contributed by atoms with Crippen molar-refractivity contribution in [3.05, 3.63) is 63.5 Å². The molecule has 0 aliphatic carbocycles. The van der Waals surface area contributed by atoms with Crippen LogP contribution in [0.15, 0.2) is 39.6 Å². The predicted molar refractivity (Wildman–Crippen MR) is 94.4 cm³/mol. The van der Waals surface area contributed by atoms with Crippen molar-refractivity contribution in [3.8, 4) is 0 Å². The smallest absolute Gasteiger partial charge is 0.189 e. The maximum absolute atomic E-state index is 13.3. The first-order valence-corrected chi connectivity index (χ1v) is 8.63. The van der Waals surface area contributed by atoms with E-state index in [1.165, 1.54) is 18.2 Å². The van der Waals surface area contributed by atoms with Crippen LogP contribution in [-0.4, -0.2) is 29.4 Å². The van der Waals surface area contributed by atoms with Crippen molar-refractivity contribution in [2.24, 2.45) is 5.92 Å². The minimum Gasteiger partial charge on any atom is -0.379 e. The minimum atomic E-state index is -0.414. The molecule has 0 spiro atoms. The maximum atomic E-state index is 13.3. The normalized spacial score (nSPS) is 20.1. The first kappa shape index (κ1) is 16.9. The van der Waals surface area contributed by atoms with Crippen LogP contribution in [0.25, 0.3) is 10.9 Å². The standard InChI is InChI=1S/C19H20FN3O3/c1-11-4-15(26-23-11)5-12-9-25-10-18(12)21-8-14-7-19(24)16-6-13(20)2-3-17(16)22-14/h2-4,6-7,12,18,21H,5,8-10H2,1H3,(H,22,24)/t12-,18+/m1/s1. The van der Waals surface area contributed by atoms with Crippen molar-refractivity contribution in [2.75, 3.05) is 13.2 Å². The number of rotatable bonds is 5. The summed E-state index contributed by atoms with van der Waals surface area (Å²) >= 11 is 0. The molecule has 2 atom stereocenters. The van der Waals surface area contributed by atoms with Crippen LogP contribution >= 0.6 is 0 Å². The lowest BCUT2D eigenvalue weighted by Gasteiger charge is -2.18. The molecule has 1 aliphatic rings. The first-order chi connectivity index (χ1) is 12.6. The Hall–Kier alpha value is -2.51. The molecule has 0 saturated carbocycles. The fraction of sp³-hybridized carbons (Fsp3) is 0.368. The number of halogens is 1. The molecule has 6 nitrogen and oxygen atoms in total. The Kier molecular flexibility index (Phi) is 4.57. The number of fused-ring (bicyclic) bond motifs is 1. The van der Waals surface area contributed by atoms with Crippen molar-refractivity contribution in [3.63, 3.8) is 0 Å². The Morgan fingerprint density at radius 3 is 3.00 bits per heavy atom. The van der Waals surface area contributed by atoms with E-state index in [9.17, 15) is 9.18 Å². The van der Waals surface area contributed by atoms with Gasteiger partial charge in [0, 0.05) is 53.7 Å². The summed E-state index contributed by atoms with van der Waals surface area (Å²) in [6, 6.07) is 7.80. The Morgan fingerprint density at radius 2 is 2.19 bits per heavy atom. The molecular formula is C19H20FN3O3. The van der Waals surface area contributed by atoms with Gasteiger partial charge < -0.3 is 19.6 Å². The summed E-state index contributed by atoms with van der Waals surface area (Å²) in [7, 11) is 0. The van der Waals surface area contributed by atoms with Gasteiger partial charge >= 0.3 is 0 Å². The zero-order valence-electron chi connectivity index (χ0n) is 14.4. The number of ether oxygens (including phenoxy) is 1. The number of aryl methyl sites for hydroxylation is 1. The number of aromatic nitrogens is 2. The van der Waals surface area contributed by atoms with E-state index in [1.807, 2.05) is 13.0 Å². The molecule has 1 aliphatic heterocycles. The van der Waals surface area contributed by atoms with E-state index in [-0.39, 0.29) is 17.4 Å². The molecule has 136 valence electrons. The summed E-state index contributed by atoms with van der Waals surface area (Å²) in [5.41, 5.74) is 2.07. The van der Waals surface area contributed by atoms with E-state index < -0.39 is 5.82 Å². The van der Waals surface area contributed by atoms with Crippen LogP contribution in [0, 0.1) is 18.7 Å². The Morgan fingerprint density at radius 1 is 1.31 bits per heavy atom. The third-order valence-electron chi connectivity index (χ3n) is 4.74. The van der Waals surface area contributed by atoms with Gasteiger partial charge in [-0.25, -0.2) is 4.39 Å². The van der Waals surface area contributed by atoms with Gasteiger partial charge in [0.05, 0.1) is 18.9 Å². The van der Waals surface area contributed by atoms with Gasteiger partial charge in [0.15, 0.2) is 5.43 Å². The highest BCUT2D eigenvalue weighted by Crippen LogP contribution is 2.20. The number of aromatic amines is 1. The van der Waals surface area contributed by atoms with E-state index in [0.717, 1.165) is 23.6 Å². The fourth-order valence-electron chi connectivity index (χ4n) is 3.41. The summed E-state index contributed by atoms with van der Waals surface area (Å²) < 4.78 is 24.2. The lowest BCUT2D eigenvalue weighted by Crippen LogP contribution is -2.36. The second-order valence-corrected chi connectivity index (χ2v) is 6.77. The zero-order valence-corrected chi connectivity index (χ0v) is 14.4. The van der Waals surface area contributed by atoms with Gasteiger partial charge in [0.2, 0.25) is 0 Å². The second kappa shape index (κ2) is 7.01. The number of H-pyrrole nitrogens is 1. The van der Waals surface area contributed by atoms with E-state index >= 15 is 0 Å². The molecule has 3 aromatic rings. The second-order valence-electron chi connectivity index (χ2n) is 6.77. The molecular weight excluding hydrogens is 337 g/mol. The van der Waals surface area contributed by atoms with E-state index in [4.69, 9.17) is 9.26 Å². The van der Waals surface area contributed by atoms with Gasteiger partial charge in [0.25, 0.3) is 0 Å². The maximum Gasteiger partial charge on any atom is 0.189 e. The van der Waals surface area contributed by atoms with Crippen LogP contribution in [-0.2, 0) is 17.7 Å². The summed E-state index contributed by atoms with van der Waals surface area (Å²) in [4.78, 5) is 15.4. The molecule has 0 bridgehead atoms. The molecule has 2 aromatic heterocycles. The average Bonchev–Trinajstić information content (AvgIpc) is 3.23. The minimum absolute atomic E-state index is 0.160. The number of benzene rings is 1. The third kappa shape index (κ3) is 3.54. The highest BCUT2D eigenvalue weighted by molar-refractivity contribution is 5.78. The molecule has 1 aromatic carbocycles. The fourth-order valence-corrected chi connectivity index (χ4v) is 3.41. The highest BCUT2D eigenvalue weighted by Gasteiger charge is 2.29. The summed E-state index contributed by atoms with van der Waals surface area (Å²) in [5, 5.41) is 7.72. The molecule has 0 amide bonds. The van der Waals surface area contributed by atoms with Crippen LogP contribution < -0.4 is 10.7 Å². The van der Waals surface area contributed by atoms with Gasteiger partial charge in [-0.3, -0.25) is 4.79 Å². The number of hydrogen-bond acceptors (Lipinski definition) is 5. The molecule has 2 N–H and O–H groups in total. The van der Waals surface area contributed by atoms with Crippen LogP contribution in [0.2, 0.25) is 0 Å². The predicted octanol–water partition coefficient (Wildman–Crippen LogP) is 2.31. The van der Waals surface area contributed by atoms with Crippen molar-refractivity contribution in [1.82, 2.24) is 15.5 Å². The van der Waals surface area contributed by atoms with E-state index in [1.54, 1.807) is 6.07 Å². The summed E-state index contributed by atoms with van der Waals surface area (Å²) in [6.45, 7) is 3.67. The van der Waals surface area contributed by atoms with Crippen LogP contribution in [0.4, 0.5) is 4.39 Å². The number of nitrogens with one attached hydrogen (secondary N) is 2. The molecule has 1 saturated heterocycles. The van der Waals surface area contributed by atoms with E-state index in [0.29, 0.717) is 30.7 Å². The lowest BCUT2D eigenvalue weighted by molar-refractivity contribution is 0.181. The van der Waals surface area contributed by atoms with Crippen LogP contribution in [0.3, 0.4) is 0 Å². The number of hydrogen-bond donors (Lipinski definition) is 2. The van der Waals surface area contributed by atoms with Crippen molar-refractivity contribution in [1.29, 1.82) is 0 Å². The number of nitrogens with zero attached hydrogens (tertiary/aromatic N) is 1. The lowest BCUT2D eigenvalue weighted by atomic mass is 9.98. The zero-order chi connectivity index (χ0) is 18.1. The Balaban J connectivity index is 1.45. The van der Waals surface area contributed by atoms with Crippen LogP contribution in [0.5, 0.6) is 0 Å². The Labute approximate surface area is 149 Å². The van der Waals surface area contributed by atoms with E-state index in [2.05, 4.69) is 15.5 Å². The van der Waals surface area contributed by atoms with Crippen molar-refractivity contribution < 1.29 is 13.7 Å². The molecule has 1 fully saturated rings. The number of pyridine rings is 1. The van der Waals surface area contributed by atoms with Crippen molar-refractivity contribution in [2.45, 2.75) is 25.9 Å². The van der Waals surface area contributed by atoms with Gasteiger partial charge in [0.1, 0.15) is 11.6 Å². The molecule has 3 heterocycles. The van der Waals surface area contributed by atoms with Gasteiger partial charge in [-0.2, -0.15) is 0 Å². The monoisotopic (exact) mass is 357 g/mol. The first-order valence-electron chi connectivity index (χ1n) is 8.63. The average molecular weight is 357 g/mol. The van der Waals surface area contributed by atoms with Crippen LogP contribution in [0.1, 0.15) is 17.1 Å². The third-order valence-corrected chi connectivity index (χ3v) is 4.74. The summed E-state index contributed by atoms with van der Waals surface area (Å²) in [6.07, 6.45) is 0.756. The van der Waals surface area contributed by atoms with Gasteiger partial charge in [-0.05, 0) is 25.1 Å². The SMILES string of the molecule is Cc1cc(C[C@@H]2COC[C@@H]2NCc2cc(=O)c3cc(F)ccc3[nH]2)on1. The highest BCUT2D eigenvalue weighted by atomic mass is 19.1. The quantitative estimate of drug-likeness (QED) is 0.732. The Bertz CT molecular complexity index is 982. The molecule has 4 rings (SSSR count). The van der Waals surface area contributed by atoms with Crippen molar-refractivity contribution >= 4 is 10.9 Å². The largest absolute Gasteiger partial charge is 0.379 e. The molecule has 0 radical (unpaired) electrons. The summed E-state index contributed by atoms with van der Waals surface area (Å²) in [5.74, 6) is 0.719. The molecule has 26 heavy (non-hydrogen) atoms. The topological polar surface area (TPSA) is 80.1 Å². The molecule has 0 unspecified atom stereocenters. The molecule has 7 heteroatoms. The van der Waals surface area contributed by atoms with Gasteiger partial charge in [-0.1, -0.05) is 5.16 Å².